The van der Waals surface area contributed by atoms with E-state index in [4.69, 9.17) is 0 Å². The third-order valence-electron chi connectivity index (χ3n) is 4.24. The Morgan fingerprint density at radius 1 is 1.30 bits per heavy atom. The van der Waals surface area contributed by atoms with E-state index in [-0.39, 0.29) is 11.8 Å². The predicted octanol–water partition coefficient (Wildman–Crippen LogP) is 2.55. The SMILES string of the molecule is O=C1C[C@H](c2cccc3nsnc23)c2c(nc3sccn23)CN1. The molecule has 8 heteroatoms. The van der Waals surface area contributed by atoms with E-state index >= 15 is 0 Å². The van der Waals surface area contributed by atoms with E-state index in [1.54, 1.807) is 11.3 Å². The number of rotatable bonds is 1. The summed E-state index contributed by atoms with van der Waals surface area (Å²) in [4.78, 5) is 17.8. The Balaban J connectivity index is 1.81. The molecule has 23 heavy (non-hydrogen) atoms. The molecule has 1 amide bonds. The van der Waals surface area contributed by atoms with Crippen LogP contribution in [0.3, 0.4) is 0 Å². The molecule has 0 radical (unpaired) electrons. The molecule has 5 rings (SSSR count). The van der Waals surface area contributed by atoms with Crippen molar-refractivity contribution in [2.24, 2.45) is 0 Å². The zero-order valence-electron chi connectivity index (χ0n) is 11.9. The molecule has 0 fully saturated rings. The molecular formula is C15H11N5OS2. The van der Waals surface area contributed by atoms with Crippen molar-refractivity contribution in [1.82, 2.24) is 23.4 Å². The smallest absolute Gasteiger partial charge is 0.221 e. The maximum atomic E-state index is 12.2. The minimum Gasteiger partial charge on any atom is -0.350 e. The molecule has 3 aromatic heterocycles. The lowest BCUT2D eigenvalue weighted by atomic mass is 9.90. The highest BCUT2D eigenvalue weighted by Crippen LogP contribution is 2.36. The molecular weight excluding hydrogens is 330 g/mol. The molecule has 4 aromatic rings. The third-order valence-corrected chi connectivity index (χ3v) is 5.54. The molecule has 0 saturated heterocycles. The summed E-state index contributed by atoms with van der Waals surface area (Å²) in [6, 6.07) is 5.98. The number of nitrogens with one attached hydrogen (secondary N) is 1. The van der Waals surface area contributed by atoms with Crippen molar-refractivity contribution in [2.75, 3.05) is 0 Å². The standard InChI is InChI=1S/C15H11N5OS2/c21-12-6-9(8-2-1-3-10-13(8)19-23-18-10)14-11(7-16-12)17-15-20(14)4-5-22-15/h1-5,9H,6-7H2,(H,16,21)/t9-/m1/s1. The summed E-state index contributed by atoms with van der Waals surface area (Å²) in [6.45, 7) is 0.477. The average Bonchev–Trinajstić information content (AvgIpc) is 3.23. The second-order valence-corrected chi connectivity index (χ2v) is 6.91. The maximum absolute atomic E-state index is 12.2. The molecule has 0 unspecified atom stereocenters. The van der Waals surface area contributed by atoms with Crippen LogP contribution in [0, 0.1) is 0 Å². The number of thiazole rings is 1. The van der Waals surface area contributed by atoms with Gasteiger partial charge in [0.15, 0.2) is 4.96 Å². The van der Waals surface area contributed by atoms with Gasteiger partial charge >= 0.3 is 0 Å². The van der Waals surface area contributed by atoms with E-state index in [2.05, 4.69) is 23.4 Å². The van der Waals surface area contributed by atoms with Crippen LogP contribution in [0.4, 0.5) is 0 Å². The maximum Gasteiger partial charge on any atom is 0.221 e. The first-order valence-corrected chi connectivity index (χ1v) is 8.84. The Hall–Kier alpha value is -2.32. The first-order valence-electron chi connectivity index (χ1n) is 7.23. The van der Waals surface area contributed by atoms with Crippen LogP contribution in [0.15, 0.2) is 29.8 Å². The number of aromatic nitrogens is 4. The first-order chi connectivity index (χ1) is 11.3. The van der Waals surface area contributed by atoms with Gasteiger partial charge in [0.1, 0.15) is 11.0 Å². The Morgan fingerprint density at radius 3 is 3.22 bits per heavy atom. The molecule has 6 nitrogen and oxygen atoms in total. The fraction of sp³-hybridized carbons (Fsp3) is 0.200. The van der Waals surface area contributed by atoms with E-state index in [9.17, 15) is 4.79 Å². The van der Waals surface area contributed by atoms with Gasteiger partial charge < -0.3 is 5.32 Å². The van der Waals surface area contributed by atoms with Crippen LogP contribution in [-0.2, 0) is 11.3 Å². The van der Waals surface area contributed by atoms with Gasteiger partial charge in [-0.05, 0) is 11.6 Å². The summed E-state index contributed by atoms with van der Waals surface area (Å²) < 4.78 is 10.9. The van der Waals surface area contributed by atoms with Crippen LogP contribution in [0.25, 0.3) is 16.0 Å². The number of benzene rings is 1. The van der Waals surface area contributed by atoms with Gasteiger partial charge in [0, 0.05) is 23.9 Å². The van der Waals surface area contributed by atoms with Gasteiger partial charge in [0.25, 0.3) is 0 Å². The Labute approximate surface area is 139 Å². The first kappa shape index (κ1) is 13.1. The van der Waals surface area contributed by atoms with Gasteiger partial charge in [-0.15, -0.1) is 11.3 Å². The topological polar surface area (TPSA) is 72.2 Å². The summed E-state index contributed by atoms with van der Waals surface area (Å²) >= 11 is 2.81. The number of fused-ring (bicyclic) bond motifs is 4. The third kappa shape index (κ3) is 1.91. The summed E-state index contributed by atoms with van der Waals surface area (Å²) in [6.07, 6.45) is 2.42. The number of hydrogen-bond donors (Lipinski definition) is 1. The van der Waals surface area contributed by atoms with Crippen LogP contribution in [-0.4, -0.2) is 24.0 Å². The van der Waals surface area contributed by atoms with Gasteiger partial charge in [0.2, 0.25) is 5.91 Å². The number of carbonyl (C=O) groups excluding carboxylic acids is 1. The van der Waals surface area contributed by atoms with E-state index in [0.717, 1.165) is 32.9 Å². The van der Waals surface area contributed by atoms with Crippen molar-refractivity contribution in [3.63, 3.8) is 0 Å². The number of amides is 1. The minimum absolute atomic E-state index is 0.0390. The highest BCUT2D eigenvalue weighted by atomic mass is 32.1. The van der Waals surface area contributed by atoms with Crippen molar-refractivity contribution >= 4 is 45.0 Å². The average molecular weight is 341 g/mol. The molecule has 1 N–H and O–H groups in total. The van der Waals surface area contributed by atoms with Crippen molar-refractivity contribution in [2.45, 2.75) is 18.9 Å². The molecule has 0 spiro atoms. The van der Waals surface area contributed by atoms with Gasteiger partial charge in [-0.3, -0.25) is 9.20 Å². The molecule has 114 valence electrons. The Bertz CT molecular complexity index is 1050. The van der Waals surface area contributed by atoms with Crippen molar-refractivity contribution in [1.29, 1.82) is 0 Å². The lowest BCUT2D eigenvalue weighted by Crippen LogP contribution is -2.21. The lowest BCUT2D eigenvalue weighted by Gasteiger charge is -2.15. The quantitative estimate of drug-likeness (QED) is 0.577. The van der Waals surface area contributed by atoms with E-state index in [1.165, 1.54) is 11.7 Å². The zero-order valence-corrected chi connectivity index (χ0v) is 13.5. The normalized spacial score (nSPS) is 18.1. The monoisotopic (exact) mass is 341 g/mol. The highest BCUT2D eigenvalue weighted by molar-refractivity contribution is 7.15. The molecule has 4 heterocycles. The largest absolute Gasteiger partial charge is 0.350 e. The molecule has 1 aliphatic rings. The molecule has 1 aromatic carbocycles. The van der Waals surface area contributed by atoms with Crippen molar-refractivity contribution in [3.05, 3.63) is 46.7 Å². The van der Waals surface area contributed by atoms with E-state index in [0.29, 0.717) is 13.0 Å². The minimum atomic E-state index is -0.0651. The number of carbonyl (C=O) groups is 1. The fourth-order valence-electron chi connectivity index (χ4n) is 3.25. The van der Waals surface area contributed by atoms with Crippen LogP contribution < -0.4 is 5.32 Å². The van der Waals surface area contributed by atoms with Crippen molar-refractivity contribution in [3.8, 4) is 0 Å². The Morgan fingerprint density at radius 2 is 2.26 bits per heavy atom. The summed E-state index contributed by atoms with van der Waals surface area (Å²) in [7, 11) is 0. The van der Waals surface area contributed by atoms with Crippen LogP contribution in [0.2, 0.25) is 0 Å². The van der Waals surface area contributed by atoms with Crippen molar-refractivity contribution < 1.29 is 4.79 Å². The van der Waals surface area contributed by atoms with E-state index < -0.39 is 0 Å². The second-order valence-electron chi connectivity index (χ2n) is 5.51. The van der Waals surface area contributed by atoms with Gasteiger partial charge in [-0.25, -0.2) is 4.98 Å². The van der Waals surface area contributed by atoms with Crippen LogP contribution in [0.1, 0.15) is 29.3 Å². The molecule has 0 aliphatic carbocycles. The molecule has 0 bridgehead atoms. The van der Waals surface area contributed by atoms with Gasteiger partial charge in [-0.1, -0.05) is 12.1 Å². The highest BCUT2D eigenvalue weighted by Gasteiger charge is 2.30. The number of imidazole rings is 1. The fourth-order valence-corrected chi connectivity index (χ4v) is 4.55. The number of hydrogen-bond acceptors (Lipinski definition) is 6. The van der Waals surface area contributed by atoms with E-state index in [1.807, 2.05) is 29.8 Å². The summed E-state index contributed by atoms with van der Waals surface area (Å²) in [5, 5.41) is 4.97. The summed E-state index contributed by atoms with van der Waals surface area (Å²) in [5.41, 5.74) is 4.83. The number of nitrogens with zero attached hydrogens (tertiary/aromatic N) is 4. The Kier molecular flexibility index (Phi) is 2.77. The summed E-state index contributed by atoms with van der Waals surface area (Å²) in [5.74, 6) is -0.0260. The zero-order chi connectivity index (χ0) is 15.4. The lowest BCUT2D eigenvalue weighted by molar-refractivity contribution is -0.121. The van der Waals surface area contributed by atoms with Gasteiger partial charge in [-0.2, -0.15) is 8.75 Å². The predicted molar refractivity (Wildman–Crippen MR) is 88.8 cm³/mol. The van der Waals surface area contributed by atoms with Crippen LogP contribution >= 0.6 is 23.1 Å². The van der Waals surface area contributed by atoms with Gasteiger partial charge in [0.05, 0.1) is 29.7 Å². The molecule has 1 aliphatic heterocycles. The second kappa shape index (κ2) is 4.84. The molecule has 0 saturated carbocycles. The molecule has 1 atom stereocenters. The van der Waals surface area contributed by atoms with Crippen LogP contribution in [0.5, 0.6) is 0 Å².